The summed E-state index contributed by atoms with van der Waals surface area (Å²) in [6, 6.07) is 6.37. The van der Waals surface area contributed by atoms with Gasteiger partial charge in [-0.15, -0.1) is 0 Å². The standard InChI is InChI=1S/C25H30F4N2O/c1-2-16-9-10-21(26)13-19(16)14-22(30)17-5-3-4-6-18(8-7-17)24(32)23-15-20(11-12-31-23)25(27,28)29/h9-13,15,17-18,22H,2-8,14,30H2,1H3. The molecule has 1 aliphatic carbocycles. The van der Waals surface area contributed by atoms with Crippen molar-refractivity contribution in [2.75, 3.05) is 0 Å². The second-order valence-electron chi connectivity index (χ2n) is 8.75. The Morgan fingerprint density at radius 2 is 1.84 bits per heavy atom. The lowest BCUT2D eigenvalue weighted by Gasteiger charge is -2.29. The average Bonchev–Trinajstić information content (AvgIpc) is 2.73. The fourth-order valence-electron chi connectivity index (χ4n) is 4.69. The molecule has 1 heterocycles. The van der Waals surface area contributed by atoms with Crippen LogP contribution in [0.4, 0.5) is 17.6 Å². The number of Topliss-reactive ketones (excluding diaryl/α,β-unsaturated/α-hetero) is 1. The number of carbonyl (C=O) groups excluding carboxylic acids is 1. The van der Waals surface area contributed by atoms with Gasteiger partial charge in [-0.25, -0.2) is 4.39 Å². The Balaban J connectivity index is 1.68. The van der Waals surface area contributed by atoms with E-state index in [1.165, 1.54) is 6.07 Å². The summed E-state index contributed by atoms with van der Waals surface area (Å²) in [7, 11) is 0. The van der Waals surface area contributed by atoms with Gasteiger partial charge in [-0.2, -0.15) is 13.2 Å². The van der Waals surface area contributed by atoms with Gasteiger partial charge in [0.15, 0.2) is 5.78 Å². The van der Waals surface area contributed by atoms with Crippen LogP contribution in [-0.2, 0) is 19.0 Å². The molecule has 1 aromatic carbocycles. The molecule has 3 rings (SSSR count). The summed E-state index contributed by atoms with van der Waals surface area (Å²) >= 11 is 0. The largest absolute Gasteiger partial charge is 0.416 e. The van der Waals surface area contributed by atoms with E-state index < -0.39 is 11.7 Å². The number of carbonyl (C=O) groups is 1. The maximum absolute atomic E-state index is 13.7. The Kier molecular flexibility index (Phi) is 8.04. The van der Waals surface area contributed by atoms with Gasteiger partial charge < -0.3 is 5.73 Å². The molecule has 1 fully saturated rings. The number of benzene rings is 1. The summed E-state index contributed by atoms with van der Waals surface area (Å²) < 4.78 is 52.8. The number of halogens is 4. The number of rotatable bonds is 6. The van der Waals surface area contributed by atoms with Crippen LogP contribution in [0.5, 0.6) is 0 Å². The first-order valence-electron chi connectivity index (χ1n) is 11.3. The number of aromatic nitrogens is 1. The number of pyridine rings is 1. The second-order valence-corrected chi connectivity index (χ2v) is 8.75. The number of aryl methyl sites for hydroxylation is 1. The van der Waals surface area contributed by atoms with Crippen molar-refractivity contribution in [2.24, 2.45) is 17.6 Å². The predicted molar refractivity (Wildman–Crippen MR) is 116 cm³/mol. The first kappa shape index (κ1) is 24.4. The van der Waals surface area contributed by atoms with Crippen molar-refractivity contribution in [2.45, 2.75) is 70.5 Å². The van der Waals surface area contributed by atoms with E-state index in [1.54, 1.807) is 12.1 Å². The van der Waals surface area contributed by atoms with Gasteiger partial charge >= 0.3 is 6.18 Å². The molecule has 1 aliphatic rings. The summed E-state index contributed by atoms with van der Waals surface area (Å²) in [5.74, 6) is -0.792. The van der Waals surface area contributed by atoms with E-state index in [1.807, 2.05) is 6.92 Å². The van der Waals surface area contributed by atoms with Crippen LogP contribution >= 0.6 is 0 Å². The molecule has 1 saturated carbocycles. The number of ketones is 1. The normalized spacial score (nSPS) is 20.9. The van der Waals surface area contributed by atoms with Gasteiger partial charge in [0.1, 0.15) is 11.5 Å². The van der Waals surface area contributed by atoms with E-state index in [9.17, 15) is 22.4 Å². The molecule has 0 aliphatic heterocycles. The zero-order chi connectivity index (χ0) is 23.3. The zero-order valence-corrected chi connectivity index (χ0v) is 18.3. The molecule has 0 saturated heterocycles. The third-order valence-electron chi connectivity index (χ3n) is 6.58. The summed E-state index contributed by atoms with van der Waals surface area (Å²) in [5, 5.41) is 0. The first-order chi connectivity index (χ1) is 15.2. The third kappa shape index (κ3) is 6.15. The average molecular weight is 451 g/mol. The maximum Gasteiger partial charge on any atom is 0.416 e. The number of nitrogens with two attached hydrogens (primary N) is 1. The lowest BCUT2D eigenvalue weighted by Crippen LogP contribution is -2.34. The molecular formula is C25H30F4N2O. The molecule has 1 aromatic heterocycles. The Bertz CT molecular complexity index is 928. The lowest BCUT2D eigenvalue weighted by molar-refractivity contribution is -0.137. The van der Waals surface area contributed by atoms with Crippen LogP contribution in [0, 0.1) is 17.7 Å². The summed E-state index contributed by atoms with van der Waals surface area (Å²) in [5.41, 5.74) is 7.55. The minimum atomic E-state index is -4.51. The number of hydrogen-bond acceptors (Lipinski definition) is 3. The molecule has 2 N–H and O–H groups in total. The van der Waals surface area contributed by atoms with Crippen molar-refractivity contribution >= 4 is 5.78 Å². The Labute approximate surface area is 186 Å². The van der Waals surface area contributed by atoms with Crippen molar-refractivity contribution in [3.63, 3.8) is 0 Å². The molecular weight excluding hydrogens is 420 g/mol. The minimum Gasteiger partial charge on any atom is -0.327 e. The van der Waals surface area contributed by atoms with E-state index in [0.717, 1.165) is 55.1 Å². The van der Waals surface area contributed by atoms with Gasteiger partial charge in [0, 0.05) is 18.2 Å². The Morgan fingerprint density at radius 1 is 1.09 bits per heavy atom. The molecule has 2 aromatic rings. The fourth-order valence-corrected chi connectivity index (χ4v) is 4.69. The van der Waals surface area contributed by atoms with Gasteiger partial charge in [0.05, 0.1) is 5.56 Å². The van der Waals surface area contributed by atoms with Crippen LogP contribution < -0.4 is 5.73 Å². The quantitative estimate of drug-likeness (QED) is 0.425. The van der Waals surface area contributed by atoms with Gasteiger partial charge in [0.25, 0.3) is 0 Å². The molecule has 174 valence electrons. The topological polar surface area (TPSA) is 56.0 Å². The van der Waals surface area contributed by atoms with Gasteiger partial charge in [-0.1, -0.05) is 25.8 Å². The highest BCUT2D eigenvalue weighted by atomic mass is 19.4. The molecule has 0 amide bonds. The zero-order valence-electron chi connectivity index (χ0n) is 18.3. The van der Waals surface area contributed by atoms with Crippen LogP contribution in [0.25, 0.3) is 0 Å². The SMILES string of the molecule is CCc1ccc(F)cc1CC(N)C1CCCCC(C(=O)c2cc(C(F)(F)F)ccn2)CC1. The number of nitrogens with zero attached hydrogens (tertiary/aromatic N) is 1. The van der Waals surface area contributed by atoms with Crippen LogP contribution in [-0.4, -0.2) is 16.8 Å². The molecule has 0 spiro atoms. The molecule has 3 nitrogen and oxygen atoms in total. The van der Waals surface area contributed by atoms with E-state index in [4.69, 9.17) is 5.73 Å². The summed E-state index contributed by atoms with van der Waals surface area (Å²) in [4.78, 5) is 16.8. The third-order valence-corrected chi connectivity index (χ3v) is 6.58. The predicted octanol–water partition coefficient (Wildman–Crippen LogP) is 6.14. The lowest BCUT2D eigenvalue weighted by atomic mass is 9.78. The maximum atomic E-state index is 13.7. The molecule has 3 atom stereocenters. The van der Waals surface area contributed by atoms with E-state index in [-0.39, 0.29) is 35.2 Å². The van der Waals surface area contributed by atoms with Gasteiger partial charge in [0.2, 0.25) is 0 Å². The minimum absolute atomic E-state index is 0.126. The summed E-state index contributed by atoms with van der Waals surface area (Å²) in [6.07, 6.45) is 2.48. The molecule has 32 heavy (non-hydrogen) atoms. The monoisotopic (exact) mass is 450 g/mol. The van der Waals surface area contributed by atoms with Gasteiger partial charge in [-0.3, -0.25) is 9.78 Å². The van der Waals surface area contributed by atoms with Crippen molar-refractivity contribution < 1.29 is 22.4 Å². The molecule has 7 heteroatoms. The van der Waals surface area contributed by atoms with Crippen molar-refractivity contribution in [3.05, 3.63) is 64.7 Å². The van der Waals surface area contributed by atoms with E-state index >= 15 is 0 Å². The molecule has 0 bridgehead atoms. The number of alkyl halides is 3. The van der Waals surface area contributed by atoms with Crippen molar-refractivity contribution in [1.29, 1.82) is 0 Å². The van der Waals surface area contributed by atoms with E-state index in [0.29, 0.717) is 25.7 Å². The Morgan fingerprint density at radius 3 is 2.56 bits per heavy atom. The highest BCUT2D eigenvalue weighted by Crippen LogP contribution is 2.33. The molecule has 3 unspecified atom stereocenters. The van der Waals surface area contributed by atoms with Crippen LogP contribution in [0.15, 0.2) is 36.5 Å². The smallest absolute Gasteiger partial charge is 0.327 e. The van der Waals surface area contributed by atoms with Crippen LogP contribution in [0.1, 0.15) is 72.6 Å². The molecule has 0 radical (unpaired) electrons. The van der Waals surface area contributed by atoms with Crippen molar-refractivity contribution in [3.8, 4) is 0 Å². The Hall–Kier alpha value is -2.28. The van der Waals surface area contributed by atoms with Crippen LogP contribution in [0.2, 0.25) is 0 Å². The fraction of sp³-hybridized carbons (Fsp3) is 0.520. The van der Waals surface area contributed by atoms with Crippen LogP contribution in [0.3, 0.4) is 0 Å². The highest BCUT2D eigenvalue weighted by molar-refractivity contribution is 5.96. The van der Waals surface area contributed by atoms with Gasteiger partial charge in [-0.05, 0) is 79.8 Å². The number of hydrogen-bond donors (Lipinski definition) is 1. The second kappa shape index (κ2) is 10.6. The highest BCUT2D eigenvalue weighted by Gasteiger charge is 2.33. The van der Waals surface area contributed by atoms with Crippen molar-refractivity contribution in [1.82, 2.24) is 4.98 Å². The van der Waals surface area contributed by atoms with E-state index in [2.05, 4.69) is 4.98 Å². The first-order valence-corrected chi connectivity index (χ1v) is 11.3. The summed E-state index contributed by atoms with van der Waals surface area (Å²) in [6.45, 7) is 2.02.